The van der Waals surface area contributed by atoms with Crippen LogP contribution in [0.2, 0.25) is 5.02 Å². The summed E-state index contributed by atoms with van der Waals surface area (Å²) in [4.78, 5) is 27.5. The molecule has 0 radical (unpaired) electrons. The first-order chi connectivity index (χ1) is 15.4. The average molecular weight is 538 g/mol. The van der Waals surface area contributed by atoms with Crippen LogP contribution in [0, 0.1) is 5.92 Å². The smallest absolute Gasteiger partial charge is 0.261 e. The molecule has 2 rings (SSSR count). The molecule has 2 amide bonds. The fourth-order valence-electron chi connectivity index (χ4n) is 3.17. The third-order valence-electron chi connectivity index (χ3n) is 5.24. The second-order valence-electron chi connectivity index (χ2n) is 9.65. The van der Waals surface area contributed by atoms with E-state index < -0.39 is 6.04 Å². The highest BCUT2D eigenvalue weighted by Crippen LogP contribution is 2.31. The summed E-state index contributed by atoms with van der Waals surface area (Å²) in [5.74, 6) is 0.412. The van der Waals surface area contributed by atoms with E-state index in [2.05, 4.69) is 42.0 Å². The topological polar surface area (TPSA) is 58.6 Å². The number of ether oxygens (including phenoxy) is 1. The molecule has 1 atom stereocenters. The van der Waals surface area contributed by atoms with Crippen LogP contribution in [0.15, 0.2) is 46.9 Å². The number of hydrogen-bond acceptors (Lipinski definition) is 3. The van der Waals surface area contributed by atoms with Crippen molar-refractivity contribution in [2.45, 2.75) is 59.5 Å². The molecule has 0 unspecified atom stereocenters. The highest BCUT2D eigenvalue weighted by atomic mass is 79.9. The summed E-state index contributed by atoms with van der Waals surface area (Å²) in [6.45, 7) is 12.8. The van der Waals surface area contributed by atoms with Gasteiger partial charge in [-0.2, -0.15) is 0 Å². The minimum atomic E-state index is -0.662. The minimum absolute atomic E-state index is 0.00338. The molecule has 0 saturated heterocycles. The lowest BCUT2D eigenvalue weighted by atomic mass is 9.87. The lowest BCUT2D eigenvalue weighted by Gasteiger charge is -2.29. The van der Waals surface area contributed by atoms with Crippen LogP contribution < -0.4 is 10.1 Å². The van der Waals surface area contributed by atoms with Crippen molar-refractivity contribution < 1.29 is 14.3 Å². The first kappa shape index (κ1) is 27.2. The Bertz CT molecular complexity index is 972. The summed E-state index contributed by atoms with van der Waals surface area (Å²) in [6.07, 6.45) is 0. The van der Waals surface area contributed by atoms with Crippen LogP contribution in [-0.2, 0) is 21.5 Å². The van der Waals surface area contributed by atoms with Crippen LogP contribution in [0.3, 0.4) is 0 Å². The summed E-state index contributed by atoms with van der Waals surface area (Å²) in [6, 6.07) is 12.5. The van der Waals surface area contributed by atoms with E-state index in [9.17, 15) is 9.59 Å². The van der Waals surface area contributed by atoms with Crippen molar-refractivity contribution in [3.05, 3.63) is 63.1 Å². The van der Waals surface area contributed by atoms with Gasteiger partial charge in [-0.25, -0.2) is 0 Å². The van der Waals surface area contributed by atoms with Gasteiger partial charge in [0.2, 0.25) is 5.91 Å². The summed E-state index contributed by atoms with van der Waals surface area (Å²) in [5, 5.41) is 3.49. The van der Waals surface area contributed by atoms with Crippen molar-refractivity contribution in [3.8, 4) is 5.75 Å². The maximum atomic E-state index is 13.2. The lowest BCUT2D eigenvalue weighted by molar-refractivity contribution is -0.142. The van der Waals surface area contributed by atoms with Gasteiger partial charge in [-0.1, -0.05) is 64.4 Å². The lowest BCUT2D eigenvalue weighted by Crippen LogP contribution is -2.49. The van der Waals surface area contributed by atoms with E-state index in [0.717, 1.165) is 15.6 Å². The second-order valence-corrected chi connectivity index (χ2v) is 10.9. The zero-order valence-corrected chi connectivity index (χ0v) is 22.6. The Balaban J connectivity index is 2.17. The molecule has 2 aromatic rings. The van der Waals surface area contributed by atoms with E-state index in [4.69, 9.17) is 16.3 Å². The zero-order chi connectivity index (χ0) is 24.8. The molecule has 0 aliphatic heterocycles. The van der Waals surface area contributed by atoms with Crippen molar-refractivity contribution in [1.82, 2.24) is 10.2 Å². The molecule has 5 nitrogen and oxygen atoms in total. The molecular weight excluding hydrogens is 504 g/mol. The first-order valence-corrected chi connectivity index (χ1v) is 12.3. The fraction of sp³-hybridized carbons (Fsp3) is 0.462. The van der Waals surface area contributed by atoms with Gasteiger partial charge >= 0.3 is 0 Å². The summed E-state index contributed by atoms with van der Waals surface area (Å²) < 4.78 is 6.63. The van der Waals surface area contributed by atoms with Crippen molar-refractivity contribution in [1.29, 1.82) is 0 Å². The Kier molecular flexibility index (Phi) is 9.80. The van der Waals surface area contributed by atoms with E-state index >= 15 is 0 Å². The van der Waals surface area contributed by atoms with Gasteiger partial charge in [-0.05, 0) is 69.6 Å². The van der Waals surface area contributed by atoms with Crippen LogP contribution in [0.5, 0.6) is 5.75 Å². The minimum Gasteiger partial charge on any atom is -0.483 e. The number of rotatable bonds is 9. The van der Waals surface area contributed by atoms with Crippen molar-refractivity contribution >= 4 is 39.3 Å². The number of benzene rings is 2. The van der Waals surface area contributed by atoms with E-state index in [0.29, 0.717) is 23.2 Å². The Morgan fingerprint density at radius 1 is 1.12 bits per heavy atom. The zero-order valence-electron chi connectivity index (χ0n) is 20.2. The van der Waals surface area contributed by atoms with Crippen molar-refractivity contribution in [3.63, 3.8) is 0 Å². The van der Waals surface area contributed by atoms with Crippen LogP contribution >= 0.6 is 27.5 Å². The Hall–Kier alpha value is -2.05. The van der Waals surface area contributed by atoms with Gasteiger partial charge in [0.1, 0.15) is 11.8 Å². The molecule has 1 N–H and O–H groups in total. The molecule has 7 heteroatoms. The number of carbonyl (C=O) groups excluding carboxylic acids is 2. The predicted octanol–water partition coefficient (Wildman–Crippen LogP) is 5.97. The van der Waals surface area contributed by atoms with E-state index in [1.807, 2.05) is 44.2 Å². The van der Waals surface area contributed by atoms with Gasteiger partial charge in [-0.3, -0.25) is 9.59 Å². The molecule has 0 aliphatic rings. The second kappa shape index (κ2) is 11.9. The molecule has 0 heterocycles. The van der Waals surface area contributed by atoms with Gasteiger partial charge in [0.25, 0.3) is 5.91 Å². The molecule has 0 saturated carbocycles. The molecule has 0 fully saturated rings. The quantitative estimate of drug-likeness (QED) is 0.429. The largest absolute Gasteiger partial charge is 0.483 e. The number of hydrogen-bond donors (Lipinski definition) is 1. The molecule has 0 bridgehead atoms. The SMILES string of the molecule is CC(C)CNC(=O)[C@H](C)N(Cc1cccc(Cl)c1)C(=O)COc1ccc(C(C)(C)C)cc1Br. The third-order valence-corrected chi connectivity index (χ3v) is 6.10. The Morgan fingerprint density at radius 2 is 1.82 bits per heavy atom. The summed E-state index contributed by atoms with van der Waals surface area (Å²) in [7, 11) is 0. The normalized spacial score (nSPS) is 12.4. The van der Waals surface area contributed by atoms with Crippen LogP contribution in [0.25, 0.3) is 0 Å². The third kappa shape index (κ3) is 8.35. The number of carbonyl (C=O) groups is 2. The first-order valence-electron chi connectivity index (χ1n) is 11.1. The number of halogens is 2. The van der Waals surface area contributed by atoms with Gasteiger partial charge < -0.3 is 15.0 Å². The van der Waals surface area contributed by atoms with Crippen molar-refractivity contribution in [2.75, 3.05) is 13.2 Å². The highest BCUT2D eigenvalue weighted by Gasteiger charge is 2.27. The molecular formula is C26H34BrClN2O3. The van der Waals surface area contributed by atoms with Crippen LogP contribution in [-0.4, -0.2) is 35.9 Å². The number of nitrogens with zero attached hydrogens (tertiary/aromatic N) is 1. The van der Waals surface area contributed by atoms with Crippen LogP contribution in [0.4, 0.5) is 0 Å². The molecule has 0 spiro atoms. The van der Waals surface area contributed by atoms with Crippen LogP contribution in [0.1, 0.15) is 52.7 Å². The van der Waals surface area contributed by atoms with Gasteiger partial charge in [0, 0.05) is 18.1 Å². The fourth-order valence-corrected chi connectivity index (χ4v) is 3.88. The maximum absolute atomic E-state index is 13.2. The highest BCUT2D eigenvalue weighted by molar-refractivity contribution is 9.10. The predicted molar refractivity (Wildman–Crippen MR) is 138 cm³/mol. The van der Waals surface area contributed by atoms with Gasteiger partial charge in [0.05, 0.1) is 4.47 Å². The summed E-state index contributed by atoms with van der Waals surface area (Å²) in [5.41, 5.74) is 2.00. The number of amides is 2. The average Bonchev–Trinajstić information content (AvgIpc) is 2.73. The monoisotopic (exact) mass is 536 g/mol. The van der Waals surface area contributed by atoms with Crippen molar-refractivity contribution in [2.24, 2.45) is 5.92 Å². The maximum Gasteiger partial charge on any atom is 0.261 e. The Labute approximate surface area is 211 Å². The summed E-state index contributed by atoms with van der Waals surface area (Å²) >= 11 is 9.67. The van der Waals surface area contributed by atoms with Gasteiger partial charge in [-0.15, -0.1) is 0 Å². The van der Waals surface area contributed by atoms with E-state index in [1.54, 1.807) is 19.1 Å². The molecule has 33 heavy (non-hydrogen) atoms. The van der Waals surface area contributed by atoms with E-state index in [-0.39, 0.29) is 30.4 Å². The number of nitrogens with one attached hydrogen (secondary N) is 1. The molecule has 0 aliphatic carbocycles. The van der Waals surface area contributed by atoms with Gasteiger partial charge in [0.15, 0.2) is 6.61 Å². The molecule has 0 aromatic heterocycles. The Morgan fingerprint density at radius 3 is 2.39 bits per heavy atom. The molecule has 2 aromatic carbocycles. The van der Waals surface area contributed by atoms with E-state index in [1.165, 1.54) is 4.90 Å². The molecule has 180 valence electrons. The standard InChI is InChI=1S/C26H34BrClN2O3/c1-17(2)14-29-25(32)18(3)30(15-19-8-7-9-21(28)12-19)24(31)16-33-23-11-10-20(13-22(23)27)26(4,5)6/h7-13,17-18H,14-16H2,1-6H3,(H,29,32)/t18-/m0/s1.